The monoisotopic (exact) mass is 451 g/mol. The maximum Gasteiger partial charge on any atom is 0.490 e. The van der Waals surface area contributed by atoms with Gasteiger partial charge in [0.25, 0.3) is 0 Å². The Labute approximate surface area is 180 Å². The van der Waals surface area contributed by atoms with E-state index >= 15 is 0 Å². The Hall–Kier alpha value is -1.88. The van der Waals surface area contributed by atoms with Crippen molar-refractivity contribution in [1.29, 1.82) is 0 Å². The van der Waals surface area contributed by atoms with E-state index in [0.717, 1.165) is 32.4 Å². The fourth-order valence-electron chi connectivity index (χ4n) is 4.66. The predicted octanol–water partition coefficient (Wildman–Crippen LogP) is 1.45. The lowest BCUT2D eigenvalue weighted by Crippen LogP contribution is -2.53. The van der Waals surface area contributed by atoms with E-state index < -0.39 is 12.1 Å². The number of amides is 2. The quantitative estimate of drug-likeness (QED) is 0.684. The molecule has 0 aromatic rings. The van der Waals surface area contributed by atoms with Gasteiger partial charge in [-0.25, -0.2) is 4.79 Å². The molecular formula is C20H32F3N3O5. The molecular weight excluding hydrogens is 419 g/mol. The number of carboxylic acids is 1. The second kappa shape index (κ2) is 10.2. The van der Waals surface area contributed by atoms with Crippen molar-refractivity contribution >= 4 is 17.8 Å². The van der Waals surface area contributed by atoms with Crippen LogP contribution in [-0.2, 0) is 19.1 Å². The average Bonchev–Trinajstić information content (AvgIpc) is 2.91. The van der Waals surface area contributed by atoms with E-state index in [2.05, 4.69) is 11.9 Å². The van der Waals surface area contributed by atoms with Gasteiger partial charge in [-0.2, -0.15) is 13.2 Å². The van der Waals surface area contributed by atoms with E-state index in [4.69, 9.17) is 14.6 Å². The molecule has 0 saturated carbocycles. The zero-order chi connectivity index (χ0) is 23.4. The zero-order valence-electron chi connectivity index (χ0n) is 18.3. The SMILES string of the molecule is CC(C)C(=O)N1CC[C@H]2N(C)CC[C@@]2(C(=O)N2CCOCC2)CC1.O=C(O)C(F)(F)F. The molecule has 178 valence electrons. The highest BCUT2D eigenvalue weighted by molar-refractivity contribution is 5.85. The van der Waals surface area contributed by atoms with Crippen LogP contribution in [0.15, 0.2) is 0 Å². The molecule has 8 nitrogen and oxygen atoms in total. The van der Waals surface area contributed by atoms with Gasteiger partial charge in [-0.05, 0) is 32.9 Å². The molecule has 0 unspecified atom stereocenters. The molecule has 2 amide bonds. The molecule has 1 N–H and O–H groups in total. The first-order valence-electron chi connectivity index (χ1n) is 10.6. The van der Waals surface area contributed by atoms with Crippen molar-refractivity contribution < 1.29 is 37.4 Å². The Morgan fingerprint density at radius 1 is 1.00 bits per heavy atom. The molecule has 3 aliphatic heterocycles. The summed E-state index contributed by atoms with van der Waals surface area (Å²) in [5.41, 5.74) is -0.321. The van der Waals surface area contributed by atoms with Crippen LogP contribution in [0.4, 0.5) is 13.2 Å². The smallest absolute Gasteiger partial charge is 0.475 e. The van der Waals surface area contributed by atoms with Gasteiger partial charge in [0.05, 0.1) is 18.6 Å². The molecule has 0 aliphatic carbocycles. The Morgan fingerprint density at radius 3 is 2.06 bits per heavy atom. The highest BCUT2D eigenvalue weighted by Crippen LogP contribution is 2.44. The minimum absolute atomic E-state index is 0.0200. The van der Waals surface area contributed by atoms with Gasteiger partial charge >= 0.3 is 12.1 Å². The molecule has 2 atom stereocenters. The minimum Gasteiger partial charge on any atom is -0.475 e. The molecule has 31 heavy (non-hydrogen) atoms. The van der Waals surface area contributed by atoms with E-state index in [1.54, 1.807) is 0 Å². The number of carbonyl (C=O) groups is 3. The standard InChI is InChI=1S/C18H31N3O3.C2HF3O2/c1-14(2)16(22)20-7-4-15-18(6-9-20,5-8-19(15)3)17(23)21-10-12-24-13-11-21;3-2(4,5)1(6)7/h14-15H,4-13H2,1-3H3;(H,6,7)/t15-,18-;/m1./s1. The first-order valence-corrected chi connectivity index (χ1v) is 10.6. The van der Waals surface area contributed by atoms with Crippen molar-refractivity contribution in [3.63, 3.8) is 0 Å². The summed E-state index contributed by atoms with van der Waals surface area (Å²) in [4.78, 5) is 41.0. The van der Waals surface area contributed by atoms with Crippen LogP contribution in [0, 0.1) is 11.3 Å². The Balaban J connectivity index is 0.000000423. The fraction of sp³-hybridized carbons (Fsp3) is 0.850. The number of carbonyl (C=O) groups excluding carboxylic acids is 2. The lowest BCUT2D eigenvalue weighted by Gasteiger charge is -2.39. The Kier molecular flexibility index (Phi) is 8.32. The van der Waals surface area contributed by atoms with E-state index in [0.29, 0.717) is 38.8 Å². The third-order valence-electron chi connectivity index (χ3n) is 6.35. The molecule has 3 saturated heterocycles. The number of rotatable bonds is 2. The largest absolute Gasteiger partial charge is 0.490 e. The summed E-state index contributed by atoms with van der Waals surface area (Å²) < 4.78 is 37.1. The highest BCUT2D eigenvalue weighted by atomic mass is 19.4. The van der Waals surface area contributed by atoms with Crippen LogP contribution < -0.4 is 0 Å². The summed E-state index contributed by atoms with van der Waals surface area (Å²) in [6.45, 7) is 9.03. The van der Waals surface area contributed by atoms with Gasteiger partial charge in [-0.3, -0.25) is 9.59 Å². The summed E-state index contributed by atoms with van der Waals surface area (Å²) in [6, 6.07) is 0.248. The maximum atomic E-state index is 13.4. The van der Waals surface area contributed by atoms with Crippen molar-refractivity contribution in [2.24, 2.45) is 11.3 Å². The van der Waals surface area contributed by atoms with Crippen LogP contribution in [0.5, 0.6) is 0 Å². The molecule has 3 fully saturated rings. The molecule has 0 aromatic carbocycles. The number of alkyl halides is 3. The normalized spacial score (nSPS) is 27.3. The number of likely N-dealkylation sites (tertiary alicyclic amines) is 2. The van der Waals surface area contributed by atoms with E-state index in [1.165, 1.54) is 0 Å². The van der Waals surface area contributed by atoms with Crippen molar-refractivity contribution in [2.45, 2.75) is 45.3 Å². The molecule has 0 spiro atoms. The number of nitrogens with zero attached hydrogens (tertiary/aromatic N) is 3. The maximum absolute atomic E-state index is 13.4. The number of carboxylic acid groups (broad SMARTS) is 1. The van der Waals surface area contributed by atoms with E-state index in [-0.39, 0.29) is 23.3 Å². The minimum atomic E-state index is -5.08. The van der Waals surface area contributed by atoms with Crippen LogP contribution in [0.1, 0.15) is 33.1 Å². The summed E-state index contributed by atoms with van der Waals surface area (Å²) >= 11 is 0. The molecule has 3 heterocycles. The van der Waals surface area contributed by atoms with Crippen molar-refractivity contribution in [2.75, 3.05) is 53.0 Å². The summed E-state index contributed by atoms with van der Waals surface area (Å²) in [6.07, 6.45) is -2.49. The number of morpholine rings is 1. The molecule has 3 aliphatic rings. The van der Waals surface area contributed by atoms with Gasteiger partial charge in [0.2, 0.25) is 11.8 Å². The second-order valence-electron chi connectivity index (χ2n) is 8.63. The van der Waals surface area contributed by atoms with Gasteiger partial charge in [0.1, 0.15) is 0 Å². The van der Waals surface area contributed by atoms with Crippen LogP contribution in [0.25, 0.3) is 0 Å². The molecule has 11 heteroatoms. The first-order chi connectivity index (χ1) is 14.4. The second-order valence-corrected chi connectivity index (χ2v) is 8.63. The molecule has 0 aromatic heterocycles. The summed E-state index contributed by atoms with van der Waals surface area (Å²) in [5, 5.41) is 7.12. The first kappa shape index (κ1) is 25.4. The molecule has 3 rings (SSSR count). The average molecular weight is 451 g/mol. The number of aliphatic carboxylic acids is 1. The fourth-order valence-corrected chi connectivity index (χ4v) is 4.66. The molecule has 0 bridgehead atoms. The van der Waals surface area contributed by atoms with Crippen LogP contribution in [0.3, 0.4) is 0 Å². The zero-order valence-corrected chi connectivity index (χ0v) is 18.3. The van der Waals surface area contributed by atoms with Crippen LogP contribution >= 0.6 is 0 Å². The van der Waals surface area contributed by atoms with Gasteiger partial charge in [-0.1, -0.05) is 13.8 Å². The highest BCUT2D eigenvalue weighted by Gasteiger charge is 2.54. The van der Waals surface area contributed by atoms with E-state index in [9.17, 15) is 22.8 Å². The predicted molar refractivity (Wildman–Crippen MR) is 105 cm³/mol. The third kappa shape index (κ3) is 5.88. The third-order valence-corrected chi connectivity index (χ3v) is 6.35. The Bertz CT molecular complexity index is 667. The van der Waals surface area contributed by atoms with Gasteiger partial charge in [0.15, 0.2) is 0 Å². The number of halogens is 3. The number of hydrogen-bond acceptors (Lipinski definition) is 5. The number of ether oxygens (including phenoxy) is 1. The van der Waals surface area contributed by atoms with Crippen molar-refractivity contribution in [1.82, 2.24) is 14.7 Å². The molecule has 0 radical (unpaired) electrons. The van der Waals surface area contributed by atoms with Crippen molar-refractivity contribution in [3.05, 3.63) is 0 Å². The summed E-state index contributed by atoms with van der Waals surface area (Å²) in [5.74, 6) is -2.23. The topological polar surface area (TPSA) is 90.4 Å². The number of fused-ring (bicyclic) bond motifs is 1. The number of hydrogen-bond donors (Lipinski definition) is 1. The van der Waals surface area contributed by atoms with Gasteiger partial charge in [-0.15, -0.1) is 0 Å². The van der Waals surface area contributed by atoms with Crippen LogP contribution in [-0.4, -0.2) is 103 Å². The van der Waals surface area contributed by atoms with Gasteiger partial charge < -0.3 is 24.5 Å². The van der Waals surface area contributed by atoms with Gasteiger partial charge in [0, 0.05) is 38.1 Å². The van der Waals surface area contributed by atoms with Crippen LogP contribution in [0.2, 0.25) is 0 Å². The summed E-state index contributed by atoms with van der Waals surface area (Å²) in [7, 11) is 2.12. The lowest BCUT2D eigenvalue weighted by atomic mass is 9.75. The van der Waals surface area contributed by atoms with Crippen molar-refractivity contribution in [3.8, 4) is 0 Å². The lowest BCUT2D eigenvalue weighted by molar-refractivity contribution is -0.192. The Morgan fingerprint density at radius 2 is 1.55 bits per heavy atom. The van der Waals surface area contributed by atoms with E-state index in [1.807, 2.05) is 23.6 Å².